The van der Waals surface area contributed by atoms with Crippen LogP contribution in [0.1, 0.15) is 13.8 Å². The molecule has 1 fully saturated rings. The molecule has 0 amide bonds. The lowest BCUT2D eigenvalue weighted by Gasteiger charge is -2.31. The van der Waals surface area contributed by atoms with E-state index in [0.29, 0.717) is 0 Å². The number of ether oxygens (including phenoxy) is 1. The van der Waals surface area contributed by atoms with Gasteiger partial charge in [-0.3, -0.25) is 0 Å². The molecule has 1 rings (SSSR count). The average Bonchev–Trinajstić information content (AvgIpc) is 2.39. The van der Waals surface area contributed by atoms with Gasteiger partial charge in [-0.05, 0) is 19.9 Å². The van der Waals surface area contributed by atoms with E-state index in [9.17, 15) is 20.4 Å². The van der Waals surface area contributed by atoms with Crippen LogP contribution in [-0.4, -0.2) is 61.8 Å². The summed E-state index contributed by atoms with van der Waals surface area (Å²) in [6.07, 6.45) is -1.49. The maximum absolute atomic E-state index is 9.99. The Morgan fingerprint density at radius 3 is 2.44 bits per heavy atom. The van der Waals surface area contributed by atoms with Gasteiger partial charge in [0.15, 0.2) is 0 Å². The third-order valence-electron chi connectivity index (χ3n) is 2.89. The van der Waals surface area contributed by atoms with Crippen molar-refractivity contribution < 1.29 is 30.3 Å². The van der Waals surface area contributed by atoms with Gasteiger partial charge in [0.2, 0.25) is 5.79 Å². The van der Waals surface area contributed by atoms with E-state index in [2.05, 4.69) is 0 Å². The summed E-state index contributed by atoms with van der Waals surface area (Å²) in [5.41, 5.74) is -1.96. The van der Waals surface area contributed by atoms with E-state index in [1.54, 1.807) is 6.92 Å². The van der Waals surface area contributed by atoms with Crippen LogP contribution in [0.5, 0.6) is 0 Å². The molecular formula is C10H18O6. The Bertz CT molecular complexity index is 276. The Morgan fingerprint density at radius 1 is 1.44 bits per heavy atom. The fourth-order valence-electron chi connectivity index (χ4n) is 1.75. The zero-order valence-corrected chi connectivity index (χ0v) is 9.24. The highest BCUT2D eigenvalue weighted by Crippen LogP contribution is 2.40. The first-order chi connectivity index (χ1) is 7.30. The van der Waals surface area contributed by atoms with E-state index < -0.39 is 36.3 Å². The smallest absolute Gasteiger partial charge is 0.217 e. The van der Waals surface area contributed by atoms with Gasteiger partial charge in [0.25, 0.3) is 0 Å². The molecule has 1 heterocycles. The first kappa shape index (κ1) is 13.6. The largest absolute Gasteiger partial charge is 0.394 e. The van der Waals surface area contributed by atoms with Crippen molar-refractivity contribution in [2.45, 2.75) is 43.5 Å². The quantitative estimate of drug-likeness (QED) is 0.365. The van der Waals surface area contributed by atoms with E-state index in [4.69, 9.17) is 9.84 Å². The summed E-state index contributed by atoms with van der Waals surface area (Å²) in [5, 5.41) is 47.8. The first-order valence-corrected chi connectivity index (χ1v) is 5.03. The van der Waals surface area contributed by atoms with Crippen LogP contribution in [-0.2, 0) is 4.74 Å². The van der Waals surface area contributed by atoms with Gasteiger partial charge in [0.05, 0.1) is 6.61 Å². The lowest BCUT2D eigenvalue weighted by atomic mass is 9.88. The van der Waals surface area contributed by atoms with Crippen LogP contribution >= 0.6 is 0 Å². The Morgan fingerprint density at radius 2 is 2.00 bits per heavy atom. The molecule has 0 radical (unpaired) electrons. The molecule has 1 saturated heterocycles. The summed E-state index contributed by atoms with van der Waals surface area (Å²) >= 11 is 0. The molecule has 0 aromatic heterocycles. The number of rotatable bonds is 3. The van der Waals surface area contributed by atoms with E-state index in [1.165, 1.54) is 19.1 Å². The molecule has 16 heavy (non-hydrogen) atoms. The van der Waals surface area contributed by atoms with Crippen LogP contribution in [0.25, 0.3) is 0 Å². The fourth-order valence-corrected chi connectivity index (χ4v) is 1.75. The summed E-state index contributed by atoms with van der Waals surface area (Å²) < 4.78 is 5.03. The van der Waals surface area contributed by atoms with Gasteiger partial charge in [-0.1, -0.05) is 6.08 Å². The summed E-state index contributed by atoms with van der Waals surface area (Å²) in [4.78, 5) is 0. The minimum absolute atomic E-state index is 0.635. The van der Waals surface area contributed by atoms with Crippen molar-refractivity contribution in [2.24, 2.45) is 0 Å². The SMILES string of the molecule is CC=C[C@]1(O)O[C@H]([C@H](O)CO)[C@H](O)[C@]1(C)O. The molecule has 1 aliphatic heterocycles. The highest BCUT2D eigenvalue weighted by atomic mass is 16.7. The fraction of sp³-hybridized carbons (Fsp3) is 0.800. The van der Waals surface area contributed by atoms with E-state index in [1.807, 2.05) is 0 Å². The predicted molar refractivity (Wildman–Crippen MR) is 54.4 cm³/mol. The van der Waals surface area contributed by atoms with Crippen LogP contribution in [0, 0.1) is 0 Å². The van der Waals surface area contributed by atoms with Crippen molar-refractivity contribution >= 4 is 0 Å². The predicted octanol–water partition coefficient (Wildman–Crippen LogP) is -1.89. The van der Waals surface area contributed by atoms with E-state index >= 15 is 0 Å². The highest BCUT2D eigenvalue weighted by molar-refractivity contribution is 5.15. The van der Waals surface area contributed by atoms with Crippen LogP contribution in [0.3, 0.4) is 0 Å². The zero-order valence-electron chi connectivity index (χ0n) is 9.24. The molecule has 0 aromatic rings. The standard InChI is InChI=1S/C10H18O6/c1-3-4-10(15)9(2,14)8(13)7(16-10)6(12)5-11/h3-4,6-8,11-15H,5H2,1-2H3/t6-,7-,8+,9+,10+/m1/s1. The Labute approximate surface area is 93.4 Å². The molecule has 0 saturated carbocycles. The molecule has 5 N–H and O–H groups in total. The second kappa shape index (κ2) is 4.40. The lowest BCUT2D eigenvalue weighted by molar-refractivity contribution is -0.235. The molecule has 0 spiro atoms. The Kier molecular flexibility index (Phi) is 3.73. The van der Waals surface area contributed by atoms with Gasteiger partial charge in [-0.2, -0.15) is 0 Å². The molecular weight excluding hydrogens is 216 g/mol. The number of hydrogen-bond donors (Lipinski definition) is 5. The number of aliphatic hydroxyl groups excluding tert-OH is 3. The molecule has 0 bridgehead atoms. The second-order valence-corrected chi connectivity index (χ2v) is 4.12. The number of aliphatic hydroxyl groups is 5. The molecule has 6 heteroatoms. The van der Waals surface area contributed by atoms with Crippen LogP contribution in [0.4, 0.5) is 0 Å². The van der Waals surface area contributed by atoms with Crippen molar-refractivity contribution in [1.29, 1.82) is 0 Å². The van der Waals surface area contributed by atoms with Crippen molar-refractivity contribution in [2.75, 3.05) is 6.61 Å². The highest BCUT2D eigenvalue weighted by Gasteiger charge is 2.62. The van der Waals surface area contributed by atoms with Crippen molar-refractivity contribution in [3.63, 3.8) is 0 Å². The molecule has 94 valence electrons. The summed E-state index contributed by atoms with van der Waals surface area (Å²) in [5.74, 6) is -2.08. The van der Waals surface area contributed by atoms with Gasteiger partial charge in [-0.15, -0.1) is 0 Å². The molecule has 5 atom stereocenters. The van der Waals surface area contributed by atoms with Gasteiger partial charge in [0, 0.05) is 0 Å². The Hall–Kier alpha value is -0.500. The summed E-state index contributed by atoms with van der Waals surface area (Å²) in [6, 6.07) is 0. The molecule has 0 aromatic carbocycles. The van der Waals surface area contributed by atoms with Gasteiger partial charge in [-0.25, -0.2) is 0 Å². The number of allylic oxidation sites excluding steroid dienone is 1. The van der Waals surface area contributed by atoms with E-state index in [-0.39, 0.29) is 0 Å². The van der Waals surface area contributed by atoms with Gasteiger partial charge in [0.1, 0.15) is 23.9 Å². The summed E-state index contributed by atoms with van der Waals surface area (Å²) in [7, 11) is 0. The molecule has 1 aliphatic rings. The van der Waals surface area contributed by atoms with Crippen molar-refractivity contribution in [3.05, 3.63) is 12.2 Å². The Balaban J connectivity index is 3.02. The third kappa shape index (κ3) is 1.88. The molecule has 0 aliphatic carbocycles. The molecule has 6 nitrogen and oxygen atoms in total. The third-order valence-corrected chi connectivity index (χ3v) is 2.89. The van der Waals surface area contributed by atoms with Gasteiger partial charge >= 0.3 is 0 Å². The first-order valence-electron chi connectivity index (χ1n) is 5.03. The normalized spacial score (nSPS) is 46.4. The minimum atomic E-state index is -2.08. The van der Waals surface area contributed by atoms with Crippen LogP contribution in [0.15, 0.2) is 12.2 Å². The van der Waals surface area contributed by atoms with Crippen molar-refractivity contribution in [3.8, 4) is 0 Å². The van der Waals surface area contributed by atoms with Crippen LogP contribution < -0.4 is 0 Å². The lowest BCUT2D eigenvalue weighted by Crippen LogP contribution is -2.53. The maximum Gasteiger partial charge on any atom is 0.217 e. The van der Waals surface area contributed by atoms with Crippen LogP contribution in [0.2, 0.25) is 0 Å². The minimum Gasteiger partial charge on any atom is -0.394 e. The second-order valence-electron chi connectivity index (χ2n) is 4.12. The summed E-state index contributed by atoms with van der Waals surface area (Å²) in [6.45, 7) is 2.17. The topological polar surface area (TPSA) is 110 Å². The number of hydrogen-bond acceptors (Lipinski definition) is 6. The van der Waals surface area contributed by atoms with Crippen molar-refractivity contribution in [1.82, 2.24) is 0 Å². The average molecular weight is 234 g/mol. The van der Waals surface area contributed by atoms with E-state index in [0.717, 1.165) is 0 Å². The monoisotopic (exact) mass is 234 g/mol. The zero-order chi connectivity index (χ0) is 12.6. The maximum atomic E-state index is 9.99. The molecule has 0 unspecified atom stereocenters. The van der Waals surface area contributed by atoms with Gasteiger partial charge < -0.3 is 30.3 Å².